The van der Waals surface area contributed by atoms with Crippen LogP contribution in [0.5, 0.6) is 11.5 Å². The number of hydrogen-bond acceptors (Lipinski definition) is 6. The molecule has 1 aromatic carbocycles. The maximum absolute atomic E-state index is 9.71. The number of aromatic hydroxyl groups is 1. The van der Waals surface area contributed by atoms with Crippen molar-refractivity contribution in [3.63, 3.8) is 0 Å². The van der Waals surface area contributed by atoms with E-state index in [-0.39, 0.29) is 16.9 Å². The SMILES string of the molecule is COc1cc(C#N)cc(C(O)C(O)C#N)c1O. The fourth-order valence-corrected chi connectivity index (χ4v) is 1.32. The van der Waals surface area contributed by atoms with Gasteiger partial charge in [-0.1, -0.05) is 0 Å². The van der Waals surface area contributed by atoms with E-state index in [2.05, 4.69) is 0 Å². The molecule has 2 atom stereocenters. The zero-order valence-corrected chi connectivity index (χ0v) is 8.95. The molecule has 0 amide bonds. The van der Waals surface area contributed by atoms with Crippen molar-refractivity contribution in [3.05, 3.63) is 23.3 Å². The third-order valence-corrected chi connectivity index (χ3v) is 2.20. The monoisotopic (exact) mass is 234 g/mol. The lowest BCUT2D eigenvalue weighted by Gasteiger charge is -2.15. The first kappa shape index (κ1) is 12.8. The molecule has 6 nitrogen and oxygen atoms in total. The van der Waals surface area contributed by atoms with Crippen LogP contribution in [0.25, 0.3) is 0 Å². The maximum atomic E-state index is 9.71. The molecule has 0 aliphatic rings. The van der Waals surface area contributed by atoms with Gasteiger partial charge in [0.05, 0.1) is 24.8 Å². The van der Waals surface area contributed by atoms with E-state index in [1.807, 2.05) is 6.07 Å². The first-order valence-electron chi connectivity index (χ1n) is 4.61. The summed E-state index contributed by atoms with van der Waals surface area (Å²) in [5.41, 5.74) is 0.00814. The lowest BCUT2D eigenvalue weighted by molar-refractivity contribution is 0.0509. The highest BCUT2D eigenvalue weighted by molar-refractivity contribution is 5.52. The minimum Gasteiger partial charge on any atom is -0.504 e. The molecule has 0 fully saturated rings. The van der Waals surface area contributed by atoms with Gasteiger partial charge in [0, 0.05) is 11.6 Å². The molecule has 1 rings (SSSR count). The molecule has 0 saturated heterocycles. The minimum absolute atomic E-state index is 0.0109. The summed E-state index contributed by atoms with van der Waals surface area (Å²) in [7, 11) is 1.28. The van der Waals surface area contributed by atoms with Crippen molar-refractivity contribution >= 4 is 0 Å². The molecule has 0 bridgehead atoms. The average molecular weight is 234 g/mol. The van der Waals surface area contributed by atoms with Crippen LogP contribution in [0.4, 0.5) is 0 Å². The van der Waals surface area contributed by atoms with Crippen LogP contribution in [-0.2, 0) is 0 Å². The summed E-state index contributed by atoms with van der Waals surface area (Å²) < 4.78 is 4.81. The number of phenolic OH excluding ortho intramolecular Hbond substituents is 1. The highest BCUT2D eigenvalue weighted by atomic mass is 16.5. The summed E-state index contributed by atoms with van der Waals surface area (Å²) in [4.78, 5) is 0. The Hall–Kier alpha value is -2.28. The third kappa shape index (κ3) is 2.45. The van der Waals surface area contributed by atoms with Crippen molar-refractivity contribution in [2.45, 2.75) is 12.2 Å². The van der Waals surface area contributed by atoms with E-state index in [0.29, 0.717) is 0 Å². The minimum atomic E-state index is -1.69. The summed E-state index contributed by atoms with van der Waals surface area (Å²) in [6, 6.07) is 5.72. The zero-order valence-electron chi connectivity index (χ0n) is 8.95. The second-order valence-electron chi connectivity index (χ2n) is 3.25. The lowest BCUT2D eigenvalue weighted by Crippen LogP contribution is -2.16. The summed E-state index contributed by atoms with van der Waals surface area (Å²) >= 11 is 0. The smallest absolute Gasteiger partial charge is 0.170 e. The van der Waals surface area contributed by atoms with Gasteiger partial charge in [-0.05, 0) is 6.07 Å². The molecule has 0 aromatic heterocycles. The van der Waals surface area contributed by atoms with Crippen LogP contribution in [0.3, 0.4) is 0 Å². The molecule has 3 N–H and O–H groups in total. The van der Waals surface area contributed by atoms with Gasteiger partial charge >= 0.3 is 0 Å². The van der Waals surface area contributed by atoms with Crippen molar-refractivity contribution in [1.29, 1.82) is 10.5 Å². The topological polar surface area (TPSA) is 118 Å². The first-order chi connectivity index (χ1) is 8.04. The Morgan fingerprint density at radius 3 is 2.41 bits per heavy atom. The third-order valence-electron chi connectivity index (χ3n) is 2.20. The Bertz CT molecular complexity index is 501. The molecule has 0 saturated carbocycles. The average Bonchev–Trinajstić information content (AvgIpc) is 2.37. The van der Waals surface area contributed by atoms with E-state index in [1.165, 1.54) is 25.3 Å². The van der Waals surface area contributed by atoms with E-state index in [0.717, 1.165) is 0 Å². The van der Waals surface area contributed by atoms with E-state index in [4.69, 9.17) is 15.3 Å². The molecule has 0 spiro atoms. The van der Waals surface area contributed by atoms with Gasteiger partial charge in [-0.15, -0.1) is 0 Å². The van der Waals surface area contributed by atoms with Crippen molar-refractivity contribution in [2.75, 3.05) is 7.11 Å². The van der Waals surface area contributed by atoms with E-state index < -0.39 is 18.0 Å². The number of phenols is 1. The molecule has 17 heavy (non-hydrogen) atoms. The largest absolute Gasteiger partial charge is 0.504 e. The first-order valence-corrected chi connectivity index (χ1v) is 4.61. The second-order valence-corrected chi connectivity index (χ2v) is 3.25. The van der Waals surface area contributed by atoms with E-state index in [9.17, 15) is 15.3 Å². The predicted octanol–water partition coefficient (Wildman–Crippen LogP) is 0.190. The van der Waals surface area contributed by atoms with Gasteiger partial charge in [-0.2, -0.15) is 10.5 Å². The number of aliphatic hydroxyl groups excluding tert-OH is 2. The van der Waals surface area contributed by atoms with Crippen LogP contribution in [0, 0.1) is 22.7 Å². The number of nitriles is 2. The van der Waals surface area contributed by atoms with Gasteiger partial charge in [0.25, 0.3) is 0 Å². The Balaban J connectivity index is 3.33. The molecule has 0 heterocycles. The standard InChI is InChI=1S/C11H10N2O4/c1-17-9-3-6(4-12)2-7(11(9)16)10(15)8(14)5-13/h2-3,8,10,14-16H,1H3. The summed E-state index contributed by atoms with van der Waals surface area (Å²) in [5.74, 6) is -0.420. The molecule has 1 aromatic rings. The number of methoxy groups -OCH3 is 1. The Labute approximate surface area is 97.5 Å². The van der Waals surface area contributed by atoms with Gasteiger partial charge < -0.3 is 20.1 Å². The van der Waals surface area contributed by atoms with Crippen molar-refractivity contribution < 1.29 is 20.1 Å². The highest BCUT2D eigenvalue weighted by Gasteiger charge is 2.23. The number of rotatable bonds is 3. The van der Waals surface area contributed by atoms with Crippen LogP contribution in [-0.4, -0.2) is 28.5 Å². The Morgan fingerprint density at radius 1 is 1.29 bits per heavy atom. The molecule has 0 radical (unpaired) electrons. The molecule has 88 valence electrons. The molecule has 0 aliphatic carbocycles. The number of aliphatic hydroxyl groups is 2. The molecular weight excluding hydrogens is 224 g/mol. The maximum Gasteiger partial charge on any atom is 0.170 e. The quantitative estimate of drug-likeness (QED) is 0.642. The number of nitrogens with zero attached hydrogens (tertiary/aromatic N) is 2. The summed E-state index contributed by atoms with van der Waals surface area (Å²) in [5, 5.41) is 45.7. The van der Waals surface area contributed by atoms with E-state index in [1.54, 1.807) is 0 Å². The number of hydrogen-bond donors (Lipinski definition) is 3. The molecule has 2 unspecified atom stereocenters. The van der Waals surface area contributed by atoms with Gasteiger partial charge in [0.2, 0.25) is 0 Å². The van der Waals surface area contributed by atoms with Crippen LogP contribution in [0.1, 0.15) is 17.2 Å². The summed E-state index contributed by atoms with van der Waals surface area (Å²) in [6.07, 6.45) is -3.30. The van der Waals surface area contributed by atoms with Crippen LogP contribution < -0.4 is 4.74 Å². The highest BCUT2D eigenvalue weighted by Crippen LogP contribution is 2.36. The summed E-state index contributed by atoms with van der Waals surface area (Å²) in [6.45, 7) is 0. The Morgan fingerprint density at radius 2 is 1.94 bits per heavy atom. The molecule has 0 aliphatic heterocycles. The van der Waals surface area contributed by atoms with Gasteiger partial charge in [-0.25, -0.2) is 0 Å². The molecular formula is C11H10N2O4. The van der Waals surface area contributed by atoms with Crippen LogP contribution in [0.2, 0.25) is 0 Å². The lowest BCUT2D eigenvalue weighted by atomic mass is 10.0. The number of ether oxygens (including phenoxy) is 1. The second kappa shape index (κ2) is 5.17. The number of benzene rings is 1. The fourth-order valence-electron chi connectivity index (χ4n) is 1.32. The van der Waals surface area contributed by atoms with Crippen molar-refractivity contribution in [3.8, 4) is 23.6 Å². The van der Waals surface area contributed by atoms with Crippen molar-refractivity contribution in [2.24, 2.45) is 0 Å². The van der Waals surface area contributed by atoms with Crippen molar-refractivity contribution in [1.82, 2.24) is 0 Å². The zero-order chi connectivity index (χ0) is 13.0. The molecule has 6 heteroatoms. The Kier molecular flexibility index (Phi) is 3.89. The van der Waals surface area contributed by atoms with Gasteiger partial charge in [0.15, 0.2) is 17.6 Å². The fraction of sp³-hybridized carbons (Fsp3) is 0.273. The normalized spacial score (nSPS) is 13.2. The predicted molar refractivity (Wildman–Crippen MR) is 56.0 cm³/mol. The van der Waals surface area contributed by atoms with Gasteiger partial charge in [0.1, 0.15) is 6.10 Å². The van der Waals surface area contributed by atoms with Crippen LogP contribution >= 0.6 is 0 Å². The van der Waals surface area contributed by atoms with Crippen LogP contribution in [0.15, 0.2) is 12.1 Å². The van der Waals surface area contributed by atoms with E-state index >= 15 is 0 Å². The van der Waals surface area contributed by atoms with Gasteiger partial charge in [-0.3, -0.25) is 0 Å².